The first-order chi connectivity index (χ1) is 21.0. The largest absolute Gasteiger partial charge is 0.573 e. The molecule has 4 aromatic rings. The fourth-order valence-electron chi connectivity index (χ4n) is 5.56. The van der Waals surface area contributed by atoms with Gasteiger partial charge in [-0.1, -0.05) is 62.0 Å². The van der Waals surface area contributed by atoms with E-state index in [2.05, 4.69) is 62.9 Å². The first-order valence-corrected chi connectivity index (χ1v) is 15.3. The lowest BCUT2D eigenvalue weighted by Gasteiger charge is -2.25. The van der Waals surface area contributed by atoms with Crippen LogP contribution < -0.4 is 15.0 Å². The lowest BCUT2D eigenvalue weighted by molar-refractivity contribution is -0.274. The fourth-order valence-corrected chi connectivity index (χ4v) is 6.51. The number of thioether (sulfide) groups is 1. The molecular formula is C32H31F3N6O2S. The minimum atomic E-state index is -4.75. The third kappa shape index (κ3) is 6.30. The van der Waals surface area contributed by atoms with Gasteiger partial charge in [0.25, 0.3) is 0 Å². The zero-order valence-corrected chi connectivity index (χ0v) is 25.2. The number of carbonyl (C=O) groups excluding carboxylic acids is 1. The number of amides is 2. The number of anilines is 1. The number of amidine groups is 1. The van der Waals surface area contributed by atoms with E-state index in [4.69, 9.17) is 0 Å². The van der Waals surface area contributed by atoms with Gasteiger partial charge in [-0.2, -0.15) is 4.99 Å². The number of hydrogen-bond acceptors (Lipinski definition) is 5. The van der Waals surface area contributed by atoms with Gasteiger partial charge in [-0.15, -0.1) is 18.3 Å². The number of rotatable bonds is 7. The number of nitrogens with zero attached hydrogens (tertiary/aromatic N) is 5. The Balaban J connectivity index is 1.14. The highest BCUT2D eigenvalue weighted by Crippen LogP contribution is 2.46. The number of benzene rings is 3. The average molecular weight is 621 g/mol. The second kappa shape index (κ2) is 11.6. The summed E-state index contributed by atoms with van der Waals surface area (Å²) in [7, 11) is 0. The van der Waals surface area contributed by atoms with Crippen LogP contribution in [0, 0.1) is 6.92 Å². The average Bonchev–Trinajstić information content (AvgIpc) is 3.35. The van der Waals surface area contributed by atoms with E-state index < -0.39 is 11.9 Å². The number of alkyl halides is 3. The van der Waals surface area contributed by atoms with E-state index in [9.17, 15) is 18.0 Å². The highest BCUT2D eigenvalue weighted by molar-refractivity contribution is 8.14. The zero-order valence-electron chi connectivity index (χ0n) is 24.4. The Bertz CT molecular complexity index is 1700. The van der Waals surface area contributed by atoms with Crippen molar-refractivity contribution in [3.05, 3.63) is 89.7 Å². The molecule has 0 bridgehead atoms. The Morgan fingerprint density at radius 1 is 1.07 bits per heavy atom. The molecule has 0 spiro atoms. The maximum Gasteiger partial charge on any atom is 0.573 e. The predicted molar refractivity (Wildman–Crippen MR) is 165 cm³/mol. The summed E-state index contributed by atoms with van der Waals surface area (Å²) in [6, 6.07) is 19.0. The highest BCUT2D eigenvalue weighted by Gasteiger charge is 2.46. The lowest BCUT2D eigenvalue weighted by Crippen LogP contribution is -2.34. The van der Waals surface area contributed by atoms with Gasteiger partial charge in [-0.25, -0.2) is 14.5 Å². The monoisotopic (exact) mass is 620 g/mol. The number of hydrogen-bond donors (Lipinski definition) is 1. The molecule has 1 aliphatic heterocycles. The lowest BCUT2D eigenvalue weighted by atomic mass is 9.95. The van der Waals surface area contributed by atoms with Crippen molar-refractivity contribution in [3.63, 3.8) is 0 Å². The highest BCUT2D eigenvalue weighted by atomic mass is 32.2. The third-order valence-corrected chi connectivity index (χ3v) is 8.72. The molecule has 6 rings (SSSR count). The van der Waals surface area contributed by atoms with E-state index in [0.29, 0.717) is 22.6 Å². The number of aromatic nitrogens is 3. The van der Waals surface area contributed by atoms with Crippen molar-refractivity contribution in [1.82, 2.24) is 20.1 Å². The molecule has 228 valence electrons. The van der Waals surface area contributed by atoms with Crippen LogP contribution in [0.4, 0.5) is 23.7 Å². The summed E-state index contributed by atoms with van der Waals surface area (Å²) >= 11 is 1.59. The van der Waals surface area contributed by atoms with Crippen molar-refractivity contribution >= 4 is 28.6 Å². The van der Waals surface area contributed by atoms with Crippen molar-refractivity contribution < 1.29 is 22.7 Å². The quantitative estimate of drug-likeness (QED) is 0.229. The van der Waals surface area contributed by atoms with Gasteiger partial charge in [0, 0.05) is 23.5 Å². The fraction of sp³-hybridized carbons (Fsp3) is 0.312. The number of aliphatic imine (C=N–C) groups is 1. The number of nitrogens with one attached hydrogen (secondary N) is 1. The van der Waals surface area contributed by atoms with Crippen LogP contribution in [-0.4, -0.2) is 44.6 Å². The molecule has 12 heteroatoms. The molecule has 2 heterocycles. The Hall–Kier alpha value is -4.32. The van der Waals surface area contributed by atoms with Gasteiger partial charge in [0.2, 0.25) is 0 Å². The van der Waals surface area contributed by atoms with Crippen LogP contribution in [0.15, 0.2) is 78.0 Å². The summed E-state index contributed by atoms with van der Waals surface area (Å²) < 4.78 is 42.7. The molecule has 44 heavy (non-hydrogen) atoms. The Morgan fingerprint density at radius 3 is 2.45 bits per heavy atom. The van der Waals surface area contributed by atoms with Gasteiger partial charge in [-0.05, 0) is 72.7 Å². The second-order valence-corrected chi connectivity index (χ2v) is 12.3. The summed E-state index contributed by atoms with van der Waals surface area (Å²) in [5.41, 5.74) is 5.43. The van der Waals surface area contributed by atoms with Gasteiger partial charge >= 0.3 is 12.4 Å². The predicted octanol–water partition coefficient (Wildman–Crippen LogP) is 7.57. The molecule has 1 aliphatic carbocycles. The smallest absolute Gasteiger partial charge is 0.406 e. The van der Waals surface area contributed by atoms with Gasteiger partial charge in [0.15, 0.2) is 11.0 Å². The summed E-state index contributed by atoms with van der Waals surface area (Å²) in [6.07, 6.45) is -1.62. The van der Waals surface area contributed by atoms with Crippen LogP contribution in [0.5, 0.6) is 5.75 Å². The molecule has 3 aromatic carbocycles. The first kappa shape index (κ1) is 29.7. The van der Waals surface area contributed by atoms with Gasteiger partial charge in [0.05, 0.1) is 11.2 Å². The minimum Gasteiger partial charge on any atom is -0.406 e. The van der Waals surface area contributed by atoms with E-state index in [1.807, 2.05) is 30.3 Å². The summed E-state index contributed by atoms with van der Waals surface area (Å²) in [5, 5.41) is 8.34. The normalized spacial score (nSPS) is 16.9. The minimum absolute atomic E-state index is 0.310. The van der Waals surface area contributed by atoms with Gasteiger partial charge in [-0.3, -0.25) is 0 Å². The van der Waals surface area contributed by atoms with Crippen molar-refractivity contribution in [2.24, 2.45) is 4.99 Å². The van der Waals surface area contributed by atoms with Crippen LogP contribution in [0.1, 0.15) is 49.3 Å². The standard InChI is InChI=1S/C32H31F3N6O2S/c1-20(2)27-21(3)5-4-6-26(27)40-17-18-44-30(40)37-29(42)38-31(15-16-31)23-9-7-22(8-10-23)28-36-19-41(39-28)24-11-13-25(14-12-24)43-32(33,34)35/h4-14,19-20H,15-18H2,1-3H3,(H,38,42). The summed E-state index contributed by atoms with van der Waals surface area (Å²) in [6.45, 7) is 7.28. The molecule has 1 aromatic heterocycles. The third-order valence-electron chi connectivity index (χ3n) is 7.76. The number of ether oxygens (including phenoxy) is 1. The van der Waals surface area contributed by atoms with E-state index in [-0.39, 0.29) is 11.8 Å². The Morgan fingerprint density at radius 2 is 1.80 bits per heavy atom. The molecule has 2 fully saturated rings. The zero-order chi connectivity index (χ0) is 31.1. The SMILES string of the molecule is Cc1cccc(N2CCSC2=NC(=O)NC2(c3ccc(-c4ncn(-c5ccc(OC(F)(F)F)cc5)n4)cc3)CC2)c1C(C)C. The Kier molecular flexibility index (Phi) is 7.87. The summed E-state index contributed by atoms with van der Waals surface area (Å²) in [5.74, 6) is 1.37. The number of carbonyl (C=O) groups is 1. The van der Waals surface area contributed by atoms with E-state index >= 15 is 0 Å². The summed E-state index contributed by atoms with van der Waals surface area (Å²) in [4.78, 5) is 24.2. The number of halogens is 3. The van der Waals surface area contributed by atoms with Crippen LogP contribution in [-0.2, 0) is 5.54 Å². The molecule has 1 N–H and O–H groups in total. The van der Waals surface area contributed by atoms with Gasteiger partial charge < -0.3 is 15.0 Å². The first-order valence-electron chi connectivity index (χ1n) is 14.3. The molecule has 0 unspecified atom stereocenters. The number of urea groups is 1. The van der Waals surface area contributed by atoms with Crippen molar-refractivity contribution in [2.75, 3.05) is 17.2 Å². The molecule has 0 radical (unpaired) electrons. The maximum atomic E-state index is 13.2. The molecule has 2 aliphatic rings. The molecule has 1 saturated carbocycles. The van der Waals surface area contributed by atoms with Crippen molar-refractivity contribution in [2.45, 2.75) is 51.4 Å². The van der Waals surface area contributed by atoms with Crippen LogP contribution >= 0.6 is 11.8 Å². The van der Waals surface area contributed by atoms with Gasteiger partial charge in [0.1, 0.15) is 12.1 Å². The molecule has 8 nitrogen and oxygen atoms in total. The van der Waals surface area contributed by atoms with Crippen molar-refractivity contribution in [1.29, 1.82) is 0 Å². The second-order valence-electron chi connectivity index (χ2n) is 11.2. The molecule has 1 saturated heterocycles. The maximum absolute atomic E-state index is 13.2. The van der Waals surface area contributed by atoms with Crippen molar-refractivity contribution in [3.8, 4) is 22.8 Å². The molecule has 2 amide bonds. The topological polar surface area (TPSA) is 84.6 Å². The van der Waals surface area contributed by atoms with E-state index in [0.717, 1.165) is 42.0 Å². The molecular weight excluding hydrogens is 589 g/mol. The van der Waals surface area contributed by atoms with Crippen LogP contribution in [0.25, 0.3) is 17.1 Å². The van der Waals surface area contributed by atoms with E-state index in [1.54, 1.807) is 11.8 Å². The van der Waals surface area contributed by atoms with Crippen LogP contribution in [0.2, 0.25) is 0 Å². The molecule has 0 atom stereocenters. The Labute approximate surface area is 257 Å². The number of aryl methyl sites for hydroxylation is 1. The van der Waals surface area contributed by atoms with Crippen LogP contribution in [0.3, 0.4) is 0 Å². The van der Waals surface area contributed by atoms with E-state index in [1.165, 1.54) is 46.4 Å².